The average Bonchev–Trinajstić information content (AvgIpc) is 2.96. The van der Waals surface area contributed by atoms with Crippen molar-refractivity contribution in [1.82, 2.24) is 9.36 Å². The molecule has 2 heterocycles. The molecule has 23 heavy (non-hydrogen) atoms. The average molecular weight is 363 g/mol. The van der Waals surface area contributed by atoms with Crippen molar-refractivity contribution in [2.45, 2.75) is 10.8 Å². The minimum absolute atomic E-state index is 0.0345. The van der Waals surface area contributed by atoms with E-state index in [0.29, 0.717) is 4.88 Å². The molecule has 0 unspecified atom stereocenters. The van der Waals surface area contributed by atoms with Crippen LogP contribution in [-0.4, -0.2) is 20.4 Å². The molecule has 1 N–H and O–H groups in total. The van der Waals surface area contributed by atoms with Gasteiger partial charge in [0.15, 0.2) is 5.15 Å². The molecule has 0 radical (unpaired) electrons. The second-order valence-corrected chi connectivity index (χ2v) is 6.76. The zero-order chi connectivity index (χ0) is 16.2. The Morgan fingerprint density at radius 2 is 2.00 bits per heavy atom. The van der Waals surface area contributed by atoms with Crippen LogP contribution in [0, 0.1) is 0 Å². The third kappa shape index (κ3) is 3.72. The molecule has 7 heteroatoms. The minimum atomic E-state index is -1.06. The number of carboxylic acid groups (broad SMARTS) is 1. The van der Waals surface area contributed by atoms with Crippen molar-refractivity contribution >= 4 is 40.9 Å². The van der Waals surface area contributed by atoms with E-state index in [1.807, 2.05) is 42.5 Å². The largest absolute Gasteiger partial charge is 0.478 e. The molecule has 0 saturated heterocycles. The number of rotatable bonds is 5. The van der Waals surface area contributed by atoms with Crippen molar-refractivity contribution in [3.8, 4) is 10.4 Å². The number of benzene rings is 1. The van der Waals surface area contributed by atoms with E-state index in [4.69, 9.17) is 11.6 Å². The van der Waals surface area contributed by atoms with Gasteiger partial charge in [0.1, 0.15) is 5.56 Å². The first-order valence-corrected chi connectivity index (χ1v) is 8.80. The lowest BCUT2D eigenvalue weighted by molar-refractivity contribution is 0.0698. The quantitative estimate of drug-likeness (QED) is 0.657. The molecule has 0 aliphatic heterocycles. The Kier molecular flexibility index (Phi) is 4.95. The molecule has 0 spiro atoms. The van der Waals surface area contributed by atoms with Crippen molar-refractivity contribution in [2.24, 2.45) is 0 Å². The first-order chi connectivity index (χ1) is 11.1. The lowest BCUT2D eigenvalue weighted by Gasteiger charge is -2.04. The summed E-state index contributed by atoms with van der Waals surface area (Å²) in [5, 5.41) is 10.2. The van der Waals surface area contributed by atoms with Gasteiger partial charge in [0, 0.05) is 11.9 Å². The molecule has 0 atom stereocenters. The van der Waals surface area contributed by atoms with Crippen LogP contribution in [0.1, 0.15) is 15.9 Å². The number of hydrogen-bond donors (Lipinski definition) is 1. The molecule has 0 aliphatic carbocycles. The summed E-state index contributed by atoms with van der Waals surface area (Å²) in [6.45, 7) is 0. The van der Waals surface area contributed by atoms with Crippen LogP contribution in [0.25, 0.3) is 10.4 Å². The third-order valence-corrected chi connectivity index (χ3v) is 5.39. The number of carbonyl (C=O) groups is 1. The van der Waals surface area contributed by atoms with Crippen LogP contribution in [0.15, 0.2) is 53.7 Å². The van der Waals surface area contributed by atoms with Crippen LogP contribution in [0.4, 0.5) is 0 Å². The van der Waals surface area contributed by atoms with Gasteiger partial charge in [-0.3, -0.25) is 0 Å². The fraction of sp³-hybridized carbons (Fsp3) is 0.0625. The van der Waals surface area contributed by atoms with E-state index in [0.717, 1.165) is 33.4 Å². The van der Waals surface area contributed by atoms with Crippen molar-refractivity contribution < 1.29 is 9.90 Å². The molecule has 0 bridgehead atoms. The van der Waals surface area contributed by atoms with Gasteiger partial charge >= 0.3 is 5.97 Å². The van der Waals surface area contributed by atoms with Crippen molar-refractivity contribution in [3.05, 3.63) is 64.9 Å². The summed E-state index contributed by atoms with van der Waals surface area (Å²) >= 11 is 8.59. The van der Waals surface area contributed by atoms with E-state index in [1.54, 1.807) is 18.0 Å². The Balaban J connectivity index is 1.76. The summed E-state index contributed by atoms with van der Waals surface area (Å²) in [6.07, 6.45) is 1.77. The molecule has 3 aromatic rings. The molecule has 116 valence electrons. The number of hydrogen-bond acceptors (Lipinski definition) is 5. The molecule has 0 saturated carbocycles. The number of nitrogens with zero attached hydrogens (tertiary/aromatic N) is 2. The maximum atomic E-state index is 11.3. The van der Waals surface area contributed by atoms with Gasteiger partial charge in [-0.25, -0.2) is 9.78 Å². The van der Waals surface area contributed by atoms with Gasteiger partial charge in [-0.15, -0.1) is 11.8 Å². The Hall–Kier alpha value is -1.89. The molecule has 1 aromatic carbocycles. The summed E-state index contributed by atoms with van der Waals surface area (Å²) in [6, 6.07) is 13.6. The molecule has 0 amide bonds. The highest BCUT2D eigenvalue weighted by atomic mass is 35.5. The molecular weight excluding hydrogens is 352 g/mol. The third-order valence-electron chi connectivity index (χ3n) is 3.10. The zero-order valence-corrected chi connectivity index (χ0v) is 14.2. The second-order valence-electron chi connectivity index (χ2n) is 4.64. The van der Waals surface area contributed by atoms with E-state index in [2.05, 4.69) is 9.36 Å². The highest BCUT2D eigenvalue weighted by Crippen LogP contribution is 2.33. The van der Waals surface area contributed by atoms with E-state index < -0.39 is 5.97 Å². The van der Waals surface area contributed by atoms with Crippen LogP contribution in [0.5, 0.6) is 0 Å². The molecule has 0 fully saturated rings. The fourth-order valence-electron chi connectivity index (χ4n) is 2.00. The van der Waals surface area contributed by atoms with Crippen LogP contribution >= 0.6 is 34.9 Å². The Labute approximate surface area is 146 Å². The predicted molar refractivity (Wildman–Crippen MR) is 93.3 cm³/mol. The van der Waals surface area contributed by atoms with Gasteiger partial charge in [-0.05, 0) is 34.8 Å². The highest BCUT2D eigenvalue weighted by molar-refractivity contribution is 7.98. The minimum Gasteiger partial charge on any atom is -0.478 e. The fourth-order valence-corrected chi connectivity index (χ4v) is 3.93. The summed E-state index contributed by atoms with van der Waals surface area (Å²) in [5.41, 5.74) is 2.00. The lowest BCUT2D eigenvalue weighted by Crippen LogP contribution is -1.97. The van der Waals surface area contributed by atoms with E-state index >= 15 is 0 Å². The summed E-state index contributed by atoms with van der Waals surface area (Å²) in [7, 11) is 0. The molecule has 0 aliphatic rings. The second kappa shape index (κ2) is 7.12. The van der Waals surface area contributed by atoms with Crippen LogP contribution in [0.2, 0.25) is 5.15 Å². The number of pyridine rings is 1. The summed E-state index contributed by atoms with van der Waals surface area (Å²) in [4.78, 5) is 16.1. The molecule has 3 rings (SSSR count). The topological polar surface area (TPSA) is 63.1 Å². The molecule has 2 aromatic heterocycles. The van der Waals surface area contributed by atoms with Gasteiger partial charge < -0.3 is 5.11 Å². The smallest absolute Gasteiger partial charge is 0.340 e. The number of halogens is 1. The number of carboxylic acids is 1. The number of aromatic nitrogens is 2. The lowest BCUT2D eigenvalue weighted by atomic mass is 10.1. The van der Waals surface area contributed by atoms with Gasteiger partial charge in [-0.1, -0.05) is 41.9 Å². The first-order valence-electron chi connectivity index (χ1n) is 6.67. The van der Waals surface area contributed by atoms with Crippen molar-refractivity contribution in [3.63, 3.8) is 0 Å². The van der Waals surface area contributed by atoms with Crippen molar-refractivity contribution in [1.29, 1.82) is 0 Å². The van der Waals surface area contributed by atoms with Crippen molar-refractivity contribution in [2.75, 3.05) is 0 Å². The number of aromatic carboxylic acids is 1. The summed E-state index contributed by atoms with van der Waals surface area (Å²) < 4.78 is 3.93. The van der Waals surface area contributed by atoms with E-state index in [-0.39, 0.29) is 10.7 Å². The van der Waals surface area contributed by atoms with Gasteiger partial charge in [0.05, 0.1) is 9.90 Å². The van der Waals surface area contributed by atoms with E-state index in [1.165, 1.54) is 0 Å². The summed E-state index contributed by atoms with van der Waals surface area (Å²) in [5.74, 6) is -0.263. The van der Waals surface area contributed by atoms with E-state index in [9.17, 15) is 9.90 Å². The van der Waals surface area contributed by atoms with Gasteiger partial charge in [0.25, 0.3) is 0 Å². The maximum Gasteiger partial charge on any atom is 0.340 e. The normalized spacial score (nSPS) is 10.7. The Bertz CT molecular complexity index is 820. The molecular formula is C16H11ClN2O2S2. The standard InChI is InChI=1S/C16H11ClN2O2S2/c17-15-13(16(20)21)14(23-19-15)11-6-4-10(5-7-11)9-22-12-3-1-2-8-18-12/h1-8H,9H2,(H,20,21). The monoisotopic (exact) mass is 362 g/mol. The Morgan fingerprint density at radius 3 is 2.65 bits per heavy atom. The highest BCUT2D eigenvalue weighted by Gasteiger charge is 2.20. The zero-order valence-electron chi connectivity index (χ0n) is 11.8. The predicted octanol–water partition coefficient (Wildman–Crippen LogP) is 4.85. The SMILES string of the molecule is O=C(O)c1c(Cl)nsc1-c1ccc(CSc2ccccn2)cc1. The number of thioether (sulfide) groups is 1. The Morgan fingerprint density at radius 1 is 1.22 bits per heavy atom. The van der Waals surface area contributed by atoms with Gasteiger partial charge in [0.2, 0.25) is 0 Å². The van der Waals surface area contributed by atoms with Crippen LogP contribution in [-0.2, 0) is 5.75 Å². The molecule has 4 nitrogen and oxygen atoms in total. The van der Waals surface area contributed by atoms with Gasteiger partial charge in [-0.2, -0.15) is 4.37 Å². The maximum absolute atomic E-state index is 11.3. The first kappa shape index (κ1) is 16.0. The van der Waals surface area contributed by atoms with Crippen LogP contribution < -0.4 is 0 Å². The van der Waals surface area contributed by atoms with Crippen LogP contribution in [0.3, 0.4) is 0 Å².